The molecule has 26 heavy (non-hydrogen) atoms. The zero-order chi connectivity index (χ0) is 18.4. The molecule has 0 radical (unpaired) electrons. The quantitative estimate of drug-likeness (QED) is 0.818. The van der Waals surface area contributed by atoms with Crippen LogP contribution in [0.3, 0.4) is 0 Å². The average Bonchev–Trinajstić information content (AvgIpc) is 2.62. The summed E-state index contributed by atoms with van der Waals surface area (Å²) < 4.78 is 24.9. The van der Waals surface area contributed by atoms with Crippen LogP contribution in [0.15, 0.2) is 54.6 Å². The Morgan fingerprint density at radius 2 is 1.62 bits per heavy atom. The summed E-state index contributed by atoms with van der Waals surface area (Å²) in [6.45, 7) is 1.71. The van der Waals surface area contributed by atoms with Crippen molar-refractivity contribution in [2.75, 3.05) is 18.4 Å². The van der Waals surface area contributed by atoms with Gasteiger partial charge in [-0.15, -0.1) is 0 Å². The fraction of sp³-hybridized carbons (Fsp3) is 0.350. The van der Waals surface area contributed by atoms with Crippen molar-refractivity contribution >= 4 is 21.4 Å². The Bertz CT molecular complexity index is 844. The van der Waals surface area contributed by atoms with Gasteiger partial charge in [-0.05, 0) is 49.2 Å². The molecule has 0 bridgehead atoms. The van der Waals surface area contributed by atoms with E-state index in [1.54, 1.807) is 24.3 Å². The highest BCUT2D eigenvalue weighted by atomic mass is 32.2. The van der Waals surface area contributed by atoms with E-state index in [-0.39, 0.29) is 23.3 Å². The predicted molar refractivity (Wildman–Crippen MR) is 103 cm³/mol. The number of sulfone groups is 1. The SMILES string of the molecule is O=C(Nc1cccc(CS(=O)(=O)Cc2ccccc2)c1)C1CCNCC1. The Hall–Kier alpha value is -2.18. The summed E-state index contributed by atoms with van der Waals surface area (Å²) in [5.41, 5.74) is 2.12. The Morgan fingerprint density at radius 3 is 2.35 bits per heavy atom. The summed E-state index contributed by atoms with van der Waals surface area (Å²) in [5, 5.41) is 6.17. The van der Waals surface area contributed by atoms with Gasteiger partial charge in [0.2, 0.25) is 5.91 Å². The largest absolute Gasteiger partial charge is 0.326 e. The lowest BCUT2D eigenvalue weighted by Gasteiger charge is -2.21. The molecule has 0 aromatic heterocycles. The Morgan fingerprint density at radius 1 is 0.962 bits per heavy atom. The monoisotopic (exact) mass is 372 g/mol. The topological polar surface area (TPSA) is 75.3 Å². The van der Waals surface area contributed by atoms with E-state index in [4.69, 9.17) is 0 Å². The fourth-order valence-electron chi connectivity index (χ4n) is 3.20. The zero-order valence-corrected chi connectivity index (χ0v) is 15.5. The summed E-state index contributed by atoms with van der Waals surface area (Å²) in [4.78, 5) is 12.3. The second kappa shape index (κ2) is 8.47. The molecule has 0 atom stereocenters. The van der Waals surface area contributed by atoms with E-state index < -0.39 is 9.84 Å². The van der Waals surface area contributed by atoms with Crippen LogP contribution >= 0.6 is 0 Å². The van der Waals surface area contributed by atoms with Crippen molar-refractivity contribution in [3.05, 3.63) is 65.7 Å². The maximum atomic E-state index is 12.5. The third-order valence-electron chi connectivity index (χ3n) is 4.52. The van der Waals surface area contributed by atoms with Gasteiger partial charge in [-0.3, -0.25) is 4.79 Å². The van der Waals surface area contributed by atoms with Gasteiger partial charge in [0.1, 0.15) is 0 Å². The number of hydrogen-bond donors (Lipinski definition) is 2. The normalized spacial score (nSPS) is 15.5. The second-order valence-electron chi connectivity index (χ2n) is 6.73. The first-order valence-corrected chi connectivity index (χ1v) is 10.7. The molecule has 5 nitrogen and oxygen atoms in total. The lowest BCUT2D eigenvalue weighted by Crippen LogP contribution is -2.34. The molecule has 1 aliphatic heterocycles. The van der Waals surface area contributed by atoms with Crippen molar-refractivity contribution in [2.24, 2.45) is 5.92 Å². The fourth-order valence-corrected chi connectivity index (χ4v) is 4.69. The summed E-state index contributed by atoms with van der Waals surface area (Å²) in [5.74, 6) is -0.00384. The number of amides is 1. The van der Waals surface area contributed by atoms with Crippen LogP contribution in [0, 0.1) is 5.92 Å². The van der Waals surface area contributed by atoms with Gasteiger partial charge < -0.3 is 10.6 Å². The van der Waals surface area contributed by atoms with Crippen LogP contribution in [0.5, 0.6) is 0 Å². The van der Waals surface area contributed by atoms with Crippen LogP contribution in [-0.4, -0.2) is 27.4 Å². The molecule has 1 aliphatic rings. The summed E-state index contributed by atoms with van der Waals surface area (Å²) in [6.07, 6.45) is 1.66. The molecule has 1 amide bonds. The molecule has 1 fully saturated rings. The van der Waals surface area contributed by atoms with Crippen molar-refractivity contribution in [1.29, 1.82) is 0 Å². The van der Waals surface area contributed by atoms with Crippen LogP contribution in [0.1, 0.15) is 24.0 Å². The highest BCUT2D eigenvalue weighted by molar-refractivity contribution is 7.89. The first-order valence-electron chi connectivity index (χ1n) is 8.87. The van der Waals surface area contributed by atoms with Crippen LogP contribution in [0.4, 0.5) is 5.69 Å². The van der Waals surface area contributed by atoms with Crippen LogP contribution in [0.2, 0.25) is 0 Å². The van der Waals surface area contributed by atoms with Gasteiger partial charge in [0, 0.05) is 11.6 Å². The van der Waals surface area contributed by atoms with Crippen molar-refractivity contribution in [2.45, 2.75) is 24.3 Å². The molecular formula is C20H24N2O3S. The molecule has 2 aromatic rings. The van der Waals surface area contributed by atoms with Crippen LogP contribution < -0.4 is 10.6 Å². The maximum absolute atomic E-state index is 12.5. The van der Waals surface area contributed by atoms with E-state index >= 15 is 0 Å². The van der Waals surface area contributed by atoms with E-state index in [0.717, 1.165) is 31.5 Å². The number of nitrogens with one attached hydrogen (secondary N) is 2. The molecule has 1 saturated heterocycles. The zero-order valence-electron chi connectivity index (χ0n) is 14.6. The highest BCUT2D eigenvalue weighted by Gasteiger charge is 2.21. The van der Waals surface area contributed by atoms with Crippen molar-refractivity contribution in [3.8, 4) is 0 Å². The van der Waals surface area contributed by atoms with E-state index in [2.05, 4.69) is 10.6 Å². The Kier molecular flexibility index (Phi) is 6.06. The molecule has 0 spiro atoms. The van der Waals surface area contributed by atoms with Gasteiger partial charge in [-0.25, -0.2) is 8.42 Å². The van der Waals surface area contributed by atoms with Gasteiger partial charge in [-0.1, -0.05) is 42.5 Å². The third kappa shape index (κ3) is 5.41. The lowest BCUT2D eigenvalue weighted by atomic mass is 9.97. The molecule has 6 heteroatoms. The average molecular weight is 372 g/mol. The van der Waals surface area contributed by atoms with Crippen LogP contribution in [0.25, 0.3) is 0 Å². The third-order valence-corrected chi connectivity index (χ3v) is 6.07. The molecule has 1 heterocycles. The van der Waals surface area contributed by atoms with Crippen molar-refractivity contribution in [3.63, 3.8) is 0 Å². The van der Waals surface area contributed by atoms with E-state index in [9.17, 15) is 13.2 Å². The predicted octanol–water partition coefficient (Wildman–Crippen LogP) is 2.74. The van der Waals surface area contributed by atoms with Crippen molar-refractivity contribution < 1.29 is 13.2 Å². The van der Waals surface area contributed by atoms with E-state index in [1.807, 2.05) is 30.3 Å². The number of carbonyl (C=O) groups excluding carboxylic acids is 1. The number of carbonyl (C=O) groups is 1. The summed E-state index contributed by atoms with van der Waals surface area (Å²) in [6, 6.07) is 16.3. The maximum Gasteiger partial charge on any atom is 0.227 e. The molecule has 0 saturated carbocycles. The first-order chi connectivity index (χ1) is 12.5. The number of hydrogen-bond acceptors (Lipinski definition) is 4. The standard InChI is InChI=1S/C20H24N2O3S/c23-20(18-9-11-21-12-10-18)22-19-8-4-7-17(13-19)15-26(24,25)14-16-5-2-1-3-6-16/h1-8,13,18,21H,9-12,14-15H2,(H,22,23). The van der Waals surface area contributed by atoms with Gasteiger partial charge in [0.15, 0.2) is 9.84 Å². The van der Waals surface area contributed by atoms with E-state index in [0.29, 0.717) is 11.3 Å². The molecule has 2 aromatic carbocycles. The minimum absolute atomic E-state index is 0.00999. The smallest absolute Gasteiger partial charge is 0.227 e. The number of anilines is 1. The van der Waals surface area contributed by atoms with Gasteiger partial charge in [0.05, 0.1) is 11.5 Å². The van der Waals surface area contributed by atoms with Crippen LogP contribution in [-0.2, 0) is 26.1 Å². The summed E-state index contributed by atoms with van der Waals surface area (Å²) in [7, 11) is -3.27. The minimum atomic E-state index is -3.27. The Balaban J connectivity index is 1.64. The molecule has 0 unspecified atom stereocenters. The Labute approximate surface area is 154 Å². The second-order valence-corrected chi connectivity index (χ2v) is 8.80. The number of benzene rings is 2. The highest BCUT2D eigenvalue weighted by Crippen LogP contribution is 2.19. The lowest BCUT2D eigenvalue weighted by molar-refractivity contribution is -0.120. The molecule has 0 aliphatic carbocycles. The molecule has 138 valence electrons. The molecule has 3 rings (SSSR count). The van der Waals surface area contributed by atoms with Crippen molar-refractivity contribution in [1.82, 2.24) is 5.32 Å². The summed E-state index contributed by atoms with van der Waals surface area (Å²) >= 11 is 0. The van der Waals surface area contributed by atoms with Gasteiger partial charge >= 0.3 is 0 Å². The number of rotatable bonds is 6. The minimum Gasteiger partial charge on any atom is -0.326 e. The molecule has 2 N–H and O–H groups in total. The van der Waals surface area contributed by atoms with E-state index in [1.165, 1.54) is 0 Å². The number of piperidine rings is 1. The molecular weight excluding hydrogens is 348 g/mol. The first kappa shape index (κ1) is 18.6. The van der Waals surface area contributed by atoms with Gasteiger partial charge in [0.25, 0.3) is 0 Å². The van der Waals surface area contributed by atoms with Gasteiger partial charge in [-0.2, -0.15) is 0 Å².